The van der Waals surface area contributed by atoms with E-state index >= 15 is 0 Å². The number of rotatable bonds is 5. The maximum Gasteiger partial charge on any atom is 0.126 e. The standard InChI is InChI=1S/C16H17Br2FN2/c1-3-6-20-15(11-4-5-14(19)10(2)7-11)16-13(18)8-12(17)9-21-16/h4-5,7-9,15,20H,3,6H2,1-2H3. The van der Waals surface area contributed by atoms with Crippen molar-refractivity contribution >= 4 is 31.9 Å². The number of aromatic nitrogens is 1. The van der Waals surface area contributed by atoms with Crippen LogP contribution in [0.25, 0.3) is 0 Å². The number of nitrogens with one attached hydrogen (secondary N) is 1. The Morgan fingerprint density at radius 1 is 1.29 bits per heavy atom. The van der Waals surface area contributed by atoms with Crippen LogP contribution in [0.4, 0.5) is 4.39 Å². The summed E-state index contributed by atoms with van der Waals surface area (Å²) in [7, 11) is 0. The number of aryl methyl sites for hydroxylation is 1. The average Bonchev–Trinajstić information content (AvgIpc) is 2.44. The van der Waals surface area contributed by atoms with E-state index in [9.17, 15) is 4.39 Å². The summed E-state index contributed by atoms with van der Waals surface area (Å²) in [5.74, 6) is -0.184. The molecule has 0 fully saturated rings. The normalized spacial score (nSPS) is 12.4. The lowest BCUT2D eigenvalue weighted by atomic mass is 10.0. The van der Waals surface area contributed by atoms with Crippen molar-refractivity contribution in [2.24, 2.45) is 0 Å². The highest BCUT2D eigenvalue weighted by molar-refractivity contribution is 9.11. The van der Waals surface area contributed by atoms with Crippen LogP contribution in [0.1, 0.15) is 36.2 Å². The zero-order valence-electron chi connectivity index (χ0n) is 12.0. The first kappa shape index (κ1) is 16.6. The third-order valence-corrected chi connectivity index (χ3v) is 4.29. The van der Waals surface area contributed by atoms with Crippen molar-refractivity contribution < 1.29 is 4.39 Å². The number of hydrogen-bond donors (Lipinski definition) is 1. The van der Waals surface area contributed by atoms with Gasteiger partial charge < -0.3 is 5.32 Å². The molecule has 1 N–H and O–H groups in total. The van der Waals surface area contributed by atoms with E-state index in [1.54, 1.807) is 13.1 Å². The third kappa shape index (κ3) is 4.11. The molecule has 0 aliphatic rings. The van der Waals surface area contributed by atoms with E-state index in [1.165, 1.54) is 6.07 Å². The van der Waals surface area contributed by atoms with Gasteiger partial charge in [-0.05, 0) is 75.0 Å². The molecule has 0 saturated carbocycles. The summed E-state index contributed by atoms with van der Waals surface area (Å²) in [5, 5.41) is 3.48. The van der Waals surface area contributed by atoms with Crippen LogP contribution in [0.2, 0.25) is 0 Å². The Morgan fingerprint density at radius 3 is 2.67 bits per heavy atom. The van der Waals surface area contributed by atoms with E-state index in [0.29, 0.717) is 5.56 Å². The summed E-state index contributed by atoms with van der Waals surface area (Å²) < 4.78 is 15.3. The number of benzene rings is 1. The van der Waals surface area contributed by atoms with E-state index < -0.39 is 0 Å². The lowest BCUT2D eigenvalue weighted by molar-refractivity contribution is 0.578. The Labute approximate surface area is 141 Å². The average molecular weight is 416 g/mol. The van der Waals surface area contributed by atoms with E-state index in [1.807, 2.05) is 18.2 Å². The summed E-state index contributed by atoms with van der Waals surface area (Å²) in [6.07, 6.45) is 2.79. The van der Waals surface area contributed by atoms with E-state index in [0.717, 1.165) is 33.2 Å². The molecule has 1 aromatic carbocycles. The molecule has 1 aromatic heterocycles. The molecule has 0 aliphatic carbocycles. The molecule has 0 saturated heterocycles. The molecule has 0 aliphatic heterocycles. The lowest BCUT2D eigenvalue weighted by Crippen LogP contribution is -2.24. The van der Waals surface area contributed by atoms with Crippen LogP contribution in [0, 0.1) is 12.7 Å². The highest BCUT2D eigenvalue weighted by Gasteiger charge is 2.18. The van der Waals surface area contributed by atoms with Gasteiger partial charge in [0.05, 0.1) is 11.7 Å². The molecule has 2 aromatic rings. The van der Waals surface area contributed by atoms with E-state index in [-0.39, 0.29) is 11.9 Å². The SMILES string of the molecule is CCCNC(c1ccc(F)c(C)c1)c1ncc(Br)cc1Br. The van der Waals surface area contributed by atoms with Crippen molar-refractivity contribution in [3.63, 3.8) is 0 Å². The quantitative estimate of drug-likeness (QED) is 0.730. The van der Waals surface area contributed by atoms with Gasteiger partial charge in [-0.15, -0.1) is 0 Å². The molecule has 112 valence electrons. The molecule has 0 spiro atoms. The van der Waals surface area contributed by atoms with Crippen molar-refractivity contribution in [2.75, 3.05) is 6.54 Å². The fourth-order valence-corrected chi connectivity index (χ4v) is 3.36. The first-order valence-electron chi connectivity index (χ1n) is 6.83. The first-order valence-corrected chi connectivity index (χ1v) is 8.42. The van der Waals surface area contributed by atoms with Gasteiger partial charge in [-0.1, -0.05) is 19.1 Å². The maximum atomic E-state index is 13.5. The minimum Gasteiger partial charge on any atom is -0.305 e. The Bertz CT molecular complexity index is 632. The van der Waals surface area contributed by atoms with Gasteiger partial charge in [0.25, 0.3) is 0 Å². The molecule has 0 amide bonds. The van der Waals surface area contributed by atoms with Crippen LogP contribution in [0.5, 0.6) is 0 Å². The van der Waals surface area contributed by atoms with Gasteiger partial charge in [0, 0.05) is 15.1 Å². The number of halogens is 3. The Balaban J connectivity index is 2.44. The van der Waals surface area contributed by atoms with Gasteiger partial charge in [-0.25, -0.2) is 4.39 Å². The summed E-state index contributed by atoms with van der Waals surface area (Å²) in [6, 6.07) is 7.11. The fourth-order valence-electron chi connectivity index (χ4n) is 2.15. The number of nitrogens with zero attached hydrogens (tertiary/aromatic N) is 1. The summed E-state index contributed by atoms with van der Waals surface area (Å²) in [4.78, 5) is 4.51. The molecule has 5 heteroatoms. The van der Waals surface area contributed by atoms with Gasteiger partial charge in [0.15, 0.2) is 0 Å². The minimum absolute atomic E-state index is 0.0632. The first-order chi connectivity index (χ1) is 10.0. The van der Waals surface area contributed by atoms with Gasteiger partial charge in [0.2, 0.25) is 0 Å². The smallest absolute Gasteiger partial charge is 0.126 e. The fraction of sp³-hybridized carbons (Fsp3) is 0.312. The van der Waals surface area contributed by atoms with Crippen LogP contribution in [-0.4, -0.2) is 11.5 Å². The second-order valence-corrected chi connectivity index (χ2v) is 6.69. The number of hydrogen-bond acceptors (Lipinski definition) is 2. The minimum atomic E-state index is -0.184. The largest absolute Gasteiger partial charge is 0.305 e. The van der Waals surface area contributed by atoms with Gasteiger partial charge in [0.1, 0.15) is 5.82 Å². The molecule has 21 heavy (non-hydrogen) atoms. The van der Waals surface area contributed by atoms with Crippen molar-refractivity contribution in [1.29, 1.82) is 0 Å². The zero-order valence-corrected chi connectivity index (χ0v) is 15.1. The van der Waals surface area contributed by atoms with E-state index in [2.05, 4.69) is 49.1 Å². The van der Waals surface area contributed by atoms with Gasteiger partial charge in [-0.2, -0.15) is 0 Å². The Morgan fingerprint density at radius 2 is 2.05 bits per heavy atom. The van der Waals surface area contributed by atoms with E-state index in [4.69, 9.17) is 0 Å². The van der Waals surface area contributed by atoms with Crippen LogP contribution in [0.3, 0.4) is 0 Å². The molecular formula is C16H17Br2FN2. The Kier molecular flexibility index (Phi) is 5.90. The predicted octanol–water partition coefficient (Wildman–Crippen LogP) is 5.14. The molecule has 1 heterocycles. The monoisotopic (exact) mass is 414 g/mol. The summed E-state index contributed by atoms with van der Waals surface area (Å²) in [6.45, 7) is 4.76. The molecule has 1 atom stereocenters. The molecule has 1 unspecified atom stereocenters. The van der Waals surface area contributed by atoms with Gasteiger partial charge in [-0.3, -0.25) is 4.98 Å². The van der Waals surface area contributed by atoms with Crippen molar-refractivity contribution in [3.8, 4) is 0 Å². The summed E-state index contributed by atoms with van der Waals surface area (Å²) in [5.41, 5.74) is 2.56. The highest BCUT2D eigenvalue weighted by atomic mass is 79.9. The van der Waals surface area contributed by atoms with Crippen LogP contribution >= 0.6 is 31.9 Å². The summed E-state index contributed by atoms with van der Waals surface area (Å²) >= 11 is 6.98. The van der Waals surface area contributed by atoms with Crippen LogP contribution in [0.15, 0.2) is 39.4 Å². The highest BCUT2D eigenvalue weighted by Crippen LogP contribution is 2.29. The van der Waals surface area contributed by atoms with Gasteiger partial charge >= 0.3 is 0 Å². The lowest BCUT2D eigenvalue weighted by Gasteiger charge is -2.20. The van der Waals surface area contributed by atoms with Crippen molar-refractivity contribution in [3.05, 3.63) is 62.0 Å². The van der Waals surface area contributed by atoms with Crippen molar-refractivity contribution in [2.45, 2.75) is 26.3 Å². The van der Waals surface area contributed by atoms with Crippen LogP contribution < -0.4 is 5.32 Å². The topological polar surface area (TPSA) is 24.9 Å². The van der Waals surface area contributed by atoms with Crippen LogP contribution in [-0.2, 0) is 0 Å². The number of pyridine rings is 1. The molecule has 0 bridgehead atoms. The maximum absolute atomic E-state index is 13.5. The molecule has 2 rings (SSSR count). The third-order valence-electron chi connectivity index (χ3n) is 3.22. The zero-order chi connectivity index (χ0) is 15.4. The van der Waals surface area contributed by atoms with Crippen molar-refractivity contribution in [1.82, 2.24) is 10.3 Å². The second-order valence-electron chi connectivity index (χ2n) is 4.92. The Hall–Kier alpha value is -0.780. The predicted molar refractivity (Wildman–Crippen MR) is 90.9 cm³/mol. The molecular weight excluding hydrogens is 399 g/mol. The molecule has 2 nitrogen and oxygen atoms in total. The molecule has 0 radical (unpaired) electrons. The second kappa shape index (κ2) is 7.47.